The van der Waals surface area contributed by atoms with E-state index < -0.39 is 0 Å². The molecule has 114 valence electrons. The molecule has 0 radical (unpaired) electrons. The fourth-order valence-corrected chi connectivity index (χ4v) is 3.56. The van der Waals surface area contributed by atoms with Crippen LogP contribution in [-0.4, -0.2) is 55.0 Å². The first-order chi connectivity index (χ1) is 10.2. The molecule has 1 N–H and O–H groups in total. The molecule has 2 saturated heterocycles. The van der Waals surface area contributed by atoms with Crippen LogP contribution in [0.2, 0.25) is 0 Å². The van der Waals surface area contributed by atoms with Crippen molar-refractivity contribution in [3.05, 3.63) is 29.3 Å². The van der Waals surface area contributed by atoms with Crippen LogP contribution in [0.5, 0.6) is 0 Å². The van der Waals surface area contributed by atoms with Crippen LogP contribution in [0.25, 0.3) is 0 Å². The van der Waals surface area contributed by atoms with Crippen molar-refractivity contribution in [1.29, 1.82) is 0 Å². The summed E-state index contributed by atoms with van der Waals surface area (Å²) in [6, 6.07) is 6.55. The standard InChI is InChI=1S/C17H25N3O/c1-13-11-14(18-2)5-6-16(13)17(21)20-10-7-15(12-20)19-8-3-4-9-19/h5-6,11,15,18H,3-4,7-10,12H2,1-2H3. The number of anilines is 1. The first-order valence-corrected chi connectivity index (χ1v) is 8.01. The van der Waals surface area contributed by atoms with Crippen LogP contribution in [0.4, 0.5) is 5.69 Å². The Balaban J connectivity index is 1.68. The summed E-state index contributed by atoms with van der Waals surface area (Å²) in [6.45, 7) is 6.23. The highest BCUT2D eigenvalue weighted by Gasteiger charge is 2.32. The monoisotopic (exact) mass is 287 g/mol. The molecule has 2 aliphatic heterocycles. The van der Waals surface area contributed by atoms with E-state index in [9.17, 15) is 4.79 Å². The van der Waals surface area contributed by atoms with Gasteiger partial charge in [0, 0.05) is 37.4 Å². The molecule has 1 atom stereocenters. The van der Waals surface area contributed by atoms with Crippen molar-refractivity contribution in [3.8, 4) is 0 Å². The normalized spacial score (nSPS) is 22.8. The van der Waals surface area contributed by atoms with Gasteiger partial charge in [0.15, 0.2) is 0 Å². The molecule has 1 aromatic rings. The fourth-order valence-electron chi connectivity index (χ4n) is 3.56. The molecule has 21 heavy (non-hydrogen) atoms. The van der Waals surface area contributed by atoms with Gasteiger partial charge in [-0.3, -0.25) is 9.69 Å². The fraction of sp³-hybridized carbons (Fsp3) is 0.588. The maximum absolute atomic E-state index is 12.7. The number of nitrogens with zero attached hydrogens (tertiary/aromatic N) is 2. The van der Waals surface area contributed by atoms with Crippen LogP contribution >= 0.6 is 0 Å². The molecule has 4 nitrogen and oxygen atoms in total. The molecule has 0 aromatic heterocycles. The molecule has 4 heteroatoms. The highest BCUT2D eigenvalue weighted by atomic mass is 16.2. The van der Waals surface area contributed by atoms with Gasteiger partial charge in [0.25, 0.3) is 5.91 Å². The lowest BCUT2D eigenvalue weighted by atomic mass is 10.1. The Morgan fingerprint density at radius 3 is 2.67 bits per heavy atom. The van der Waals surface area contributed by atoms with Crippen molar-refractivity contribution in [1.82, 2.24) is 9.80 Å². The van der Waals surface area contributed by atoms with Gasteiger partial charge >= 0.3 is 0 Å². The molecule has 1 aromatic carbocycles. The summed E-state index contributed by atoms with van der Waals surface area (Å²) < 4.78 is 0. The topological polar surface area (TPSA) is 35.6 Å². The molecular formula is C17H25N3O. The number of aryl methyl sites for hydroxylation is 1. The largest absolute Gasteiger partial charge is 0.388 e. The van der Waals surface area contributed by atoms with Crippen molar-refractivity contribution in [2.75, 3.05) is 38.5 Å². The zero-order valence-corrected chi connectivity index (χ0v) is 13.1. The quantitative estimate of drug-likeness (QED) is 0.927. The number of carbonyl (C=O) groups excluding carboxylic acids is 1. The van der Waals surface area contributed by atoms with Crippen molar-refractivity contribution in [2.45, 2.75) is 32.2 Å². The zero-order valence-electron chi connectivity index (χ0n) is 13.1. The van der Waals surface area contributed by atoms with Gasteiger partial charge in [0.1, 0.15) is 0 Å². The lowest BCUT2D eigenvalue weighted by molar-refractivity contribution is 0.0779. The molecule has 0 spiro atoms. The second kappa shape index (κ2) is 6.06. The van der Waals surface area contributed by atoms with Gasteiger partial charge in [-0.05, 0) is 63.0 Å². The van der Waals surface area contributed by atoms with Crippen molar-refractivity contribution >= 4 is 11.6 Å². The Morgan fingerprint density at radius 2 is 2.00 bits per heavy atom. The maximum Gasteiger partial charge on any atom is 0.254 e. The Kier molecular flexibility index (Phi) is 4.15. The van der Waals surface area contributed by atoms with E-state index in [1.54, 1.807) is 0 Å². The second-order valence-electron chi connectivity index (χ2n) is 6.22. The molecule has 0 saturated carbocycles. The Bertz CT molecular complexity index is 523. The highest BCUT2D eigenvalue weighted by molar-refractivity contribution is 5.96. The Hall–Kier alpha value is -1.55. The lowest BCUT2D eigenvalue weighted by Crippen LogP contribution is -2.37. The molecular weight excluding hydrogens is 262 g/mol. The predicted molar refractivity (Wildman–Crippen MR) is 85.8 cm³/mol. The van der Waals surface area contributed by atoms with Gasteiger partial charge in [-0.2, -0.15) is 0 Å². The zero-order chi connectivity index (χ0) is 14.8. The van der Waals surface area contributed by atoms with E-state index in [4.69, 9.17) is 0 Å². The molecule has 2 heterocycles. The molecule has 1 amide bonds. The smallest absolute Gasteiger partial charge is 0.254 e. The van der Waals surface area contributed by atoms with Crippen LogP contribution in [0.3, 0.4) is 0 Å². The third kappa shape index (κ3) is 2.91. The molecule has 2 fully saturated rings. The summed E-state index contributed by atoms with van der Waals surface area (Å²) >= 11 is 0. The molecule has 1 unspecified atom stereocenters. The third-order valence-corrected chi connectivity index (χ3v) is 4.85. The Morgan fingerprint density at radius 1 is 1.24 bits per heavy atom. The number of benzene rings is 1. The van der Waals surface area contributed by atoms with Crippen LogP contribution in [0, 0.1) is 6.92 Å². The third-order valence-electron chi connectivity index (χ3n) is 4.85. The predicted octanol–water partition coefficient (Wildman–Crippen LogP) is 2.35. The van der Waals surface area contributed by atoms with Crippen molar-refractivity contribution in [2.24, 2.45) is 0 Å². The first kappa shape index (κ1) is 14.4. The second-order valence-corrected chi connectivity index (χ2v) is 6.22. The highest BCUT2D eigenvalue weighted by Crippen LogP contribution is 2.23. The van der Waals surface area contributed by atoms with E-state index in [2.05, 4.69) is 10.2 Å². The summed E-state index contributed by atoms with van der Waals surface area (Å²) in [4.78, 5) is 17.3. The van der Waals surface area contributed by atoms with E-state index in [1.807, 2.05) is 37.1 Å². The van der Waals surface area contributed by atoms with Gasteiger partial charge in [-0.25, -0.2) is 0 Å². The lowest BCUT2D eigenvalue weighted by Gasteiger charge is -2.24. The average Bonchev–Trinajstić information content (AvgIpc) is 3.17. The van der Waals surface area contributed by atoms with Gasteiger partial charge in [0.05, 0.1) is 0 Å². The molecule has 0 bridgehead atoms. The van der Waals surface area contributed by atoms with Crippen LogP contribution in [-0.2, 0) is 0 Å². The van der Waals surface area contributed by atoms with Crippen LogP contribution < -0.4 is 5.32 Å². The van der Waals surface area contributed by atoms with E-state index >= 15 is 0 Å². The van der Waals surface area contributed by atoms with Crippen LogP contribution in [0.1, 0.15) is 35.2 Å². The molecule has 0 aliphatic carbocycles. The number of hydrogen-bond donors (Lipinski definition) is 1. The van der Waals surface area contributed by atoms with Gasteiger partial charge in [0.2, 0.25) is 0 Å². The number of likely N-dealkylation sites (tertiary alicyclic amines) is 2. The van der Waals surface area contributed by atoms with E-state index in [1.165, 1.54) is 25.9 Å². The minimum atomic E-state index is 0.192. The number of amides is 1. The van der Waals surface area contributed by atoms with Crippen molar-refractivity contribution < 1.29 is 4.79 Å². The minimum absolute atomic E-state index is 0.192. The van der Waals surface area contributed by atoms with E-state index in [-0.39, 0.29) is 5.91 Å². The van der Waals surface area contributed by atoms with E-state index in [0.717, 1.165) is 36.3 Å². The van der Waals surface area contributed by atoms with Gasteiger partial charge in [-0.1, -0.05) is 0 Å². The summed E-state index contributed by atoms with van der Waals surface area (Å²) in [5, 5.41) is 3.12. The molecule has 3 rings (SSSR count). The number of carbonyl (C=O) groups is 1. The van der Waals surface area contributed by atoms with Gasteiger partial charge in [-0.15, -0.1) is 0 Å². The number of rotatable bonds is 3. The number of hydrogen-bond acceptors (Lipinski definition) is 3. The number of nitrogens with one attached hydrogen (secondary N) is 1. The SMILES string of the molecule is CNc1ccc(C(=O)N2CCC(N3CCCC3)C2)c(C)c1. The average molecular weight is 287 g/mol. The van der Waals surface area contributed by atoms with E-state index in [0.29, 0.717) is 6.04 Å². The Labute approximate surface area is 127 Å². The van der Waals surface area contributed by atoms with Gasteiger partial charge < -0.3 is 10.2 Å². The maximum atomic E-state index is 12.7. The summed E-state index contributed by atoms with van der Waals surface area (Å²) in [7, 11) is 1.90. The van der Waals surface area contributed by atoms with Crippen molar-refractivity contribution in [3.63, 3.8) is 0 Å². The summed E-state index contributed by atoms with van der Waals surface area (Å²) in [5.41, 5.74) is 2.95. The molecule has 2 aliphatic rings. The summed E-state index contributed by atoms with van der Waals surface area (Å²) in [6.07, 6.45) is 3.75. The summed E-state index contributed by atoms with van der Waals surface area (Å²) in [5.74, 6) is 0.192. The minimum Gasteiger partial charge on any atom is -0.388 e. The van der Waals surface area contributed by atoms with Crippen LogP contribution in [0.15, 0.2) is 18.2 Å². The first-order valence-electron chi connectivity index (χ1n) is 8.01.